The molecule has 0 aliphatic carbocycles. The van der Waals surface area contributed by atoms with Crippen molar-refractivity contribution in [2.24, 2.45) is 5.73 Å². The molecule has 0 unspecified atom stereocenters. The number of nitrogens with zero attached hydrogens (tertiary/aromatic N) is 2. The molecular weight excluding hydrogens is 419 g/mol. The Balaban J connectivity index is 1.93. The van der Waals surface area contributed by atoms with Crippen LogP contribution in [-0.2, 0) is 4.79 Å². The molecule has 0 saturated carbocycles. The number of amides is 1. The second kappa shape index (κ2) is 8.28. The number of nitrogens with two attached hydrogens (primary N) is 1. The number of hydrogen-bond donors (Lipinski definition) is 2. The highest BCUT2D eigenvalue weighted by Gasteiger charge is 2.20. The van der Waals surface area contributed by atoms with Gasteiger partial charge in [-0.25, -0.2) is 9.37 Å². The number of benzene rings is 2. The van der Waals surface area contributed by atoms with E-state index in [-0.39, 0.29) is 6.61 Å². The highest BCUT2D eigenvalue weighted by atomic mass is 35.5. The van der Waals surface area contributed by atoms with Crippen molar-refractivity contribution < 1.29 is 13.9 Å². The van der Waals surface area contributed by atoms with Crippen molar-refractivity contribution in [1.29, 1.82) is 0 Å². The Kier molecular flexibility index (Phi) is 5.52. The quantitative estimate of drug-likeness (QED) is 0.443. The van der Waals surface area contributed by atoms with Gasteiger partial charge in [0.1, 0.15) is 28.7 Å². The first kappa shape index (κ1) is 20.7. The van der Waals surface area contributed by atoms with E-state index >= 15 is 0 Å². The van der Waals surface area contributed by atoms with Crippen LogP contribution in [0, 0.1) is 19.7 Å². The van der Waals surface area contributed by atoms with Crippen molar-refractivity contribution in [3.63, 3.8) is 0 Å². The number of imidazole rings is 1. The van der Waals surface area contributed by atoms with Crippen LogP contribution in [0.3, 0.4) is 0 Å². The Labute approximate surface area is 183 Å². The maximum absolute atomic E-state index is 14.1. The van der Waals surface area contributed by atoms with Gasteiger partial charge in [0.25, 0.3) is 5.91 Å². The van der Waals surface area contributed by atoms with E-state index in [4.69, 9.17) is 27.1 Å². The Morgan fingerprint density at radius 2 is 1.94 bits per heavy atom. The fourth-order valence-corrected chi connectivity index (χ4v) is 3.58. The molecule has 0 atom stereocenters. The first-order valence-electron chi connectivity index (χ1n) is 9.55. The number of fused-ring (bicyclic) bond motifs is 1. The third kappa shape index (κ3) is 4.18. The van der Waals surface area contributed by atoms with E-state index in [0.29, 0.717) is 33.5 Å². The van der Waals surface area contributed by atoms with Crippen LogP contribution in [0.25, 0.3) is 16.9 Å². The van der Waals surface area contributed by atoms with Gasteiger partial charge in [-0.3, -0.25) is 9.20 Å². The Morgan fingerprint density at radius 1 is 1.19 bits per heavy atom. The fourth-order valence-electron chi connectivity index (χ4n) is 3.42. The van der Waals surface area contributed by atoms with Crippen molar-refractivity contribution >= 4 is 34.7 Å². The lowest BCUT2D eigenvalue weighted by Crippen LogP contribution is -2.20. The summed E-state index contributed by atoms with van der Waals surface area (Å²) in [6, 6.07) is 13.9. The van der Waals surface area contributed by atoms with Gasteiger partial charge in [-0.1, -0.05) is 29.8 Å². The van der Waals surface area contributed by atoms with Crippen LogP contribution < -0.4 is 15.8 Å². The van der Waals surface area contributed by atoms with Gasteiger partial charge >= 0.3 is 0 Å². The van der Waals surface area contributed by atoms with Crippen LogP contribution in [0.2, 0.25) is 5.02 Å². The monoisotopic (exact) mass is 438 g/mol. The molecule has 158 valence electrons. The lowest BCUT2D eigenvalue weighted by Gasteiger charge is -2.15. The molecule has 0 bridgehead atoms. The Morgan fingerprint density at radius 3 is 2.65 bits per heavy atom. The van der Waals surface area contributed by atoms with Crippen molar-refractivity contribution in [2.75, 3.05) is 11.9 Å². The van der Waals surface area contributed by atoms with Crippen molar-refractivity contribution in [3.8, 4) is 17.0 Å². The average molecular weight is 439 g/mol. The maximum atomic E-state index is 14.1. The highest BCUT2D eigenvalue weighted by Crippen LogP contribution is 2.39. The summed E-state index contributed by atoms with van der Waals surface area (Å²) in [5.41, 5.74) is 9.83. The molecule has 2 aromatic heterocycles. The molecule has 3 N–H and O–H groups in total. The zero-order valence-corrected chi connectivity index (χ0v) is 17.7. The predicted octanol–water partition coefficient (Wildman–Crippen LogP) is 5.02. The number of hydrogen-bond acceptors (Lipinski definition) is 4. The molecule has 2 aromatic carbocycles. The van der Waals surface area contributed by atoms with Gasteiger partial charge in [-0.2, -0.15) is 0 Å². The van der Waals surface area contributed by atoms with Crippen LogP contribution >= 0.6 is 11.6 Å². The molecule has 31 heavy (non-hydrogen) atoms. The predicted molar refractivity (Wildman–Crippen MR) is 119 cm³/mol. The number of para-hydroxylation sites is 1. The first-order chi connectivity index (χ1) is 14.8. The number of nitrogens with one attached hydrogen (secondary N) is 1. The highest BCUT2D eigenvalue weighted by molar-refractivity contribution is 6.30. The van der Waals surface area contributed by atoms with Gasteiger partial charge in [-0.15, -0.1) is 0 Å². The third-order valence-electron chi connectivity index (χ3n) is 4.88. The van der Waals surface area contributed by atoms with E-state index in [1.165, 1.54) is 12.3 Å². The van der Waals surface area contributed by atoms with E-state index in [0.717, 1.165) is 16.8 Å². The van der Waals surface area contributed by atoms with Gasteiger partial charge in [0.15, 0.2) is 6.61 Å². The minimum atomic E-state index is -0.614. The molecule has 0 spiro atoms. The molecule has 1 amide bonds. The number of aryl methyl sites for hydroxylation is 2. The number of primary amides is 1. The molecule has 6 nitrogen and oxygen atoms in total. The number of pyridine rings is 1. The molecule has 0 aliphatic rings. The molecule has 4 aromatic rings. The van der Waals surface area contributed by atoms with E-state index in [1.54, 1.807) is 28.7 Å². The summed E-state index contributed by atoms with van der Waals surface area (Å²) in [6.45, 7) is 3.67. The van der Waals surface area contributed by atoms with E-state index in [2.05, 4.69) is 5.32 Å². The second-order valence-electron chi connectivity index (χ2n) is 7.17. The topological polar surface area (TPSA) is 81.6 Å². The molecule has 0 fully saturated rings. The summed E-state index contributed by atoms with van der Waals surface area (Å²) in [5, 5.41) is 3.85. The van der Waals surface area contributed by atoms with Gasteiger partial charge in [0.05, 0.1) is 0 Å². The van der Waals surface area contributed by atoms with Gasteiger partial charge in [0, 0.05) is 22.5 Å². The van der Waals surface area contributed by atoms with Gasteiger partial charge < -0.3 is 15.8 Å². The number of rotatable bonds is 6. The Bertz CT molecular complexity index is 1280. The molecule has 0 saturated heterocycles. The van der Waals surface area contributed by atoms with Crippen molar-refractivity contribution in [2.45, 2.75) is 13.8 Å². The summed E-state index contributed by atoms with van der Waals surface area (Å²) < 4.78 is 21.3. The van der Waals surface area contributed by atoms with Crippen LogP contribution in [0.5, 0.6) is 5.75 Å². The normalized spacial score (nSPS) is 11.0. The van der Waals surface area contributed by atoms with Gasteiger partial charge in [0.2, 0.25) is 0 Å². The van der Waals surface area contributed by atoms with Crippen LogP contribution in [0.1, 0.15) is 11.1 Å². The molecule has 4 rings (SSSR count). The van der Waals surface area contributed by atoms with Crippen LogP contribution in [0.15, 0.2) is 54.7 Å². The van der Waals surface area contributed by atoms with Gasteiger partial charge in [-0.05, 0) is 55.3 Å². The fraction of sp³-hybridized carbons (Fsp3) is 0.130. The lowest BCUT2D eigenvalue weighted by molar-refractivity contribution is -0.119. The zero-order chi connectivity index (χ0) is 22.1. The summed E-state index contributed by atoms with van der Waals surface area (Å²) in [4.78, 5) is 15.9. The standard InChI is InChI=1S/C23H20ClFN4O2/c1-13-4-3-5-14(2)21(13)28-23-22(27-20-9-7-16(25)11-29(20)23)17-8-6-15(24)10-18(17)31-12-19(26)30/h3-11,28H,12H2,1-2H3,(H2,26,30). The zero-order valence-electron chi connectivity index (χ0n) is 16.9. The first-order valence-corrected chi connectivity index (χ1v) is 9.93. The number of ether oxygens (including phenoxy) is 1. The van der Waals surface area contributed by atoms with Crippen LogP contribution in [0.4, 0.5) is 15.9 Å². The minimum absolute atomic E-state index is 0.311. The average Bonchev–Trinajstić information content (AvgIpc) is 3.06. The second-order valence-corrected chi connectivity index (χ2v) is 7.61. The largest absolute Gasteiger partial charge is 0.483 e. The summed E-state index contributed by atoms with van der Waals surface area (Å²) in [7, 11) is 0. The lowest BCUT2D eigenvalue weighted by atomic mass is 10.1. The molecular formula is C23H20ClFN4O2. The van der Waals surface area contributed by atoms with E-state index in [9.17, 15) is 9.18 Å². The number of anilines is 2. The summed E-state index contributed by atoms with van der Waals surface area (Å²) in [5.74, 6) is -0.114. The molecule has 2 heterocycles. The summed E-state index contributed by atoms with van der Waals surface area (Å²) in [6.07, 6.45) is 1.36. The van der Waals surface area contributed by atoms with E-state index < -0.39 is 11.7 Å². The number of aromatic nitrogens is 2. The van der Waals surface area contributed by atoms with E-state index in [1.807, 2.05) is 32.0 Å². The SMILES string of the molecule is Cc1cccc(C)c1Nc1c(-c2ccc(Cl)cc2OCC(N)=O)nc2ccc(F)cn12. The third-order valence-corrected chi connectivity index (χ3v) is 5.11. The van der Waals surface area contributed by atoms with Crippen LogP contribution in [-0.4, -0.2) is 21.9 Å². The molecule has 0 aliphatic heterocycles. The molecule has 0 radical (unpaired) electrons. The maximum Gasteiger partial charge on any atom is 0.255 e. The smallest absolute Gasteiger partial charge is 0.255 e. The Hall–Kier alpha value is -3.58. The van der Waals surface area contributed by atoms with Crippen molar-refractivity contribution in [1.82, 2.24) is 9.38 Å². The van der Waals surface area contributed by atoms with Crippen molar-refractivity contribution in [3.05, 3.63) is 76.7 Å². The molecule has 8 heteroatoms. The minimum Gasteiger partial charge on any atom is -0.483 e. The summed E-state index contributed by atoms with van der Waals surface area (Å²) >= 11 is 6.14. The number of carbonyl (C=O) groups is 1. The number of halogens is 2. The number of carbonyl (C=O) groups excluding carboxylic acids is 1.